The number of nitrogens with one attached hydrogen (secondary N) is 1. The van der Waals surface area contributed by atoms with Crippen LogP contribution in [0.25, 0.3) is 0 Å². The molecule has 0 saturated carbocycles. The van der Waals surface area contributed by atoms with Crippen molar-refractivity contribution in [3.8, 4) is 0 Å². The second-order valence-corrected chi connectivity index (χ2v) is 8.09. The quantitative estimate of drug-likeness (QED) is 0.825. The first-order valence-electron chi connectivity index (χ1n) is 8.02. The van der Waals surface area contributed by atoms with Gasteiger partial charge in [-0.2, -0.15) is 0 Å². The average Bonchev–Trinajstić information content (AvgIpc) is 2.43. The van der Waals surface area contributed by atoms with Gasteiger partial charge in [0.25, 0.3) is 0 Å². The van der Waals surface area contributed by atoms with E-state index in [2.05, 4.69) is 66.3 Å². The summed E-state index contributed by atoms with van der Waals surface area (Å²) in [6, 6.07) is 8.78. The highest BCUT2D eigenvalue weighted by Gasteiger charge is 2.22. The lowest BCUT2D eigenvalue weighted by molar-refractivity contribution is 0.0614. The molecule has 0 amide bonds. The van der Waals surface area contributed by atoms with Crippen LogP contribution in [-0.4, -0.2) is 25.3 Å². The predicted molar refractivity (Wildman–Crippen MR) is 92.8 cm³/mol. The summed E-state index contributed by atoms with van der Waals surface area (Å²) < 4.78 is 6.67. The number of hydrogen-bond donors (Lipinski definition) is 1. The number of rotatable bonds is 5. The molecule has 1 atom stereocenters. The SMILES string of the molecule is CC(C)(C)NCC(CC1CCOCC1)c1cccc(Br)c1. The molecule has 1 aliphatic rings. The first kappa shape index (κ1) is 17.0. The smallest absolute Gasteiger partial charge is 0.0468 e. The maximum Gasteiger partial charge on any atom is 0.0468 e. The Morgan fingerprint density at radius 1 is 1.29 bits per heavy atom. The van der Waals surface area contributed by atoms with E-state index in [0.717, 1.165) is 25.7 Å². The Hall–Kier alpha value is -0.380. The molecular formula is C18H28BrNO. The minimum atomic E-state index is 0.167. The second-order valence-electron chi connectivity index (χ2n) is 7.17. The topological polar surface area (TPSA) is 21.3 Å². The highest BCUT2D eigenvalue weighted by Crippen LogP contribution is 2.30. The van der Waals surface area contributed by atoms with Crippen LogP contribution < -0.4 is 5.32 Å². The predicted octanol–water partition coefficient (Wildman–Crippen LogP) is 4.74. The van der Waals surface area contributed by atoms with E-state index in [0.29, 0.717) is 5.92 Å². The van der Waals surface area contributed by atoms with Gasteiger partial charge in [-0.3, -0.25) is 0 Å². The zero-order chi connectivity index (χ0) is 15.3. The van der Waals surface area contributed by atoms with Gasteiger partial charge in [0.15, 0.2) is 0 Å². The molecule has 21 heavy (non-hydrogen) atoms. The van der Waals surface area contributed by atoms with Gasteiger partial charge in [0.05, 0.1) is 0 Å². The van der Waals surface area contributed by atoms with E-state index in [1.807, 2.05) is 0 Å². The molecule has 1 aromatic rings. The summed E-state index contributed by atoms with van der Waals surface area (Å²) in [5, 5.41) is 3.68. The first-order chi connectivity index (χ1) is 9.94. The fraction of sp³-hybridized carbons (Fsp3) is 0.667. The van der Waals surface area contributed by atoms with Crippen molar-refractivity contribution in [2.24, 2.45) is 5.92 Å². The Morgan fingerprint density at radius 3 is 2.62 bits per heavy atom. The number of ether oxygens (including phenoxy) is 1. The molecule has 1 aromatic carbocycles. The molecule has 2 nitrogen and oxygen atoms in total. The van der Waals surface area contributed by atoms with Crippen LogP contribution in [0.5, 0.6) is 0 Å². The molecule has 1 aliphatic heterocycles. The van der Waals surface area contributed by atoms with Crippen molar-refractivity contribution < 1.29 is 4.74 Å². The molecule has 1 fully saturated rings. The van der Waals surface area contributed by atoms with Gasteiger partial charge in [-0.05, 0) is 69.6 Å². The number of hydrogen-bond acceptors (Lipinski definition) is 2. The molecular weight excluding hydrogens is 326 g/mol. The molecule has 1 heterocycles. The average molecular weight is 354 g/mol. The summed E-state index contributed by atoms with van der Waals surface area (Å²) in [7, 11) is 0. The number of benzene rings is 1. The molecule has 0 radical (unpaired) electrons. The highest BCUT2D eigenvalue weighted by atomic mass is 79.9. The van der Waals surface area contributed by atoms with Crippen molar-refractivity contribution in [2.75, 3.05) is 19.8 Å². The zero-order valence-electron chi connectivity index (χ0n) is 13.5. The van der Waals surface area contributed by atoms with Crippen molar-refractivity contribution in [1.82, 2.24) is 5.32 Å². The fourth-order valence-electron chi connectivity index (χ4n) is 2.91. The lowest BCUT2D eigenvalue weighted by Gasteiger charge is -2.30. The Balaban J connectivity index is 2.05. The van der Waals surface area contributed by atoms with Crippen LogP contribution in [0.15, 0.2) is 28.7 Å². The van der Waals surface area contributed by atoms with Crippen molar-refractivity contribution in [1.29, 1.82) is 0 Å². The molecule has 3 heteroatoms. The van der Waals surface area contributed by atoms with E-state index in [9.17, 15) is 0 Å². The standard InChI is InChI=1S/C18H28BrNO/c1-18(2,3)20-13-16(11-14-7-9-21-10-8-14)15-5-4-6-17(19)12-15/h4-6,12,14,16,20H,7-11,13H2,1-3H3. The van der Waals surface area contributed by atoms with Crippen molar-refractivity contribution >= 4 is 15.9 Å². The lowest BCUT2D eigenvalue weighted by atomic mass is 9.84. The van der Waals surface area contributed by atoms with Gasteiger partial charge >= 0.3 is 0 Å². The third kappa shape index (κ3) is 6.09. The molecule has 2 rings (SSSR count). The minimum absolute atomic E-state index is 0.167. The molecule has 1 saturated heterocycles. The number of halogens is 1. The Bertz CT molecular complexity index is 435. The molecule has 1 unspecified atom stereocenters. The fourth-order valence-corrected chi connectivity index (χ4v) is 3.33. The Kier molecular flexibility index (Phi) is 6.27. The lowest BCUT2D eigenvalue weighted by Crippen LogP contribution is -2.39. The van der Waals surface area contributed by atoms with Crippen LogP contribution in [0.2, 0.25) is 0 Å². The van der Waals surface area contributed by atoms with Crippen molar-refractivity contribution in [3.63, 3.8) is 0 Å². The van der Waals surface area contributed by atoms with Crippen LogP contribution in [0.3, 0.4) is 0 Å². The second kappa shape index (κ2) is 7.75. The monoisotopic (exact) mass is 353 g/mol. The maximum atomic E-state index is 5.50. The van der Waals surface area contributed by atoms with E-state index in [-0.39, 0.29) is 5.54 Å². The third-order valence-corrected chi connectivity index (χ3v) is 4.65. The van der Waals surface area contributed by atoms with Gasteiger partial charge in [-0.15, -0.1) is 0 Å². The van der Waals surface area contributed by atoms with Gasteiger partial charge in [0.2, 0.25) is 0 Å². The minimum Gasteiger partial charge on any atom is -0.381 e. The van der Waals surface area contributed by atoms with E-state index < -0.39 is 0 Å². The summed E-state index contributed by atoms with van der Waals surface area (Å²) in [4.78, 5) is 0. The van der Waals surface area contributed by atoms with Crippen LogP contribution in [0.4, 0.5) is 0 Å². The van der Waals surface area contributed by atoms with Gasteiger partial charge in [0.1, 0.15) is 0 Å². The summed E-state index contributed by atoms with van der Waals surface area (Å²) >= 11 is 3.61. The molecule has 0 spiro atoms. The normalized spacial score (nSPS) is 18.7. The van der Waals surface area contributed by atoms with Gasteiger partial charge in [-0.1, -0.05) is 28.1 Å². The zero-order valence-corrected chi connectivity index (χ0v) is 15.1. The third-order valence-electron chi connectivity index (χ3n) is 4.16. The summed E-state index contributed by atoms with van der Waals surface area (Å²) in [6.45, 7) is 9.61. The summed E-state index contributed by atoms with van der Waals surface area (Å²) in [5.41, 5.74) is 1.60. The van der Waals surface area contributed by atoms with E-state index in [1.165, 1.54) is 29.3 Å². The largest absolute Gasteiger partial charge is 0.381 e. The van der Waals surface area contributed by atoms with Crippen LogP contribution in [0.1, 0.15) is 51.5 Å². The van der Waals surface area contributed by atoms with E-state index in [4.69, 9.17) is 4.74 Å². The molecule has 0 aliphatic carbocycles. The highest BCUT2D eigenvalue weighted by molar-refractivity contribution is 9.10. The van der Waals surface area contributed by atoms with E-state index in [1.54, 1.807) is 0 Å². The Labute approximate surface area is 137 Å². The maximum absolute atomic E-state index is 5.50. The van der Waals surface area contributed by atoms with Gasteiger partial charge in [0, 0.05) is 29.8 Å². The molecule has 118 valence electrons. The Morgan fingerprint density at radius 2 is 2.00 bits per heavy atom. The molecule has 0 aromatic heterocycles. The summed E-state index contributed by atoms with van der Waals surface area (Å²) in [5.74, 6) is 1.37. The van der Waals surface area contributed by atoms with Crippen molar-refractivity contribution in [2.45, 2.75) is 51.5 Å². The van der Waals surface area contributed by atoms with Gasteiger partial charge in [-0.25, -0.2) is 0 Å². The van der Waals surface area contributed by atoms with Crippen molar-refractivity contribution in [3.05, 3.63) is 34.3 Å². The van der Waals surface area contributed by atoms with E-state index >= 15 is 0 Å². The molecule has 0 bridgehead atoms. The first-order valence-corrected chi connectivity index (χ1v) is 8.81. The van der Waals surface area contributed by atoms with Crippen LogP contribution in [0, 0.1) is 5.92 Å². The van der Waals surface area contributed by atoms with Crippen LogP contribution in [-0.2, 0) is 4.74 Å². The summed E-state index contributed by atoms with van der Waals surface area (Å²) in [6.07, 6.45) is 3.67. The van der Waals surface area contributed by atoms with Gasteiger partial charge < -0.3 is 10.1 Å². The van der Waals surface area contributed by atoms with Crippen LogP contribution >= 0.6 is 15.9 Å². The molecule has 1 N–H and O–H groups in total.